The summed E-state index contributed by atoms with van der Waals surface area (Å²) in [6, 6.07) is 5.38. The first-order valence-electron chi connectivity index (χ1n) is 6.22. The van der Waals surface area contributed by atoms with Crippen molar-refractivity contribution in [1.82, 2.24) is 10.6 Å². The van der Waals surface area contributed by atoms with E-state index in [2.05, 4.69) is 31.9 Å². The number of aryl methyl sites for hydroxylation is 1. The van der Waals surface area contributed by atoms with Crippen LogP contribution >= 0.6 is 15.9 Å². The fourth-order valence-electron chi connectivity index (χ4n) is 1.42. The molecular weight excluding hydrogens is 340 g/mol. The monoisotopic (exact) mass is 356 g/mol. The third kappa shape index (κ3) is 6.37. The molecule has 7 nitrogen and oxygen atoms in total. The van der Waals surface area contributed by atoms with Crippen LogP contribution in [0.25, 0.3) is 0 Å². The second-order valence-corrected chi connectivity index (χ2v) is 5.12. The van der Waals surface area contributed by atoms with E-state index in [0.717, 1.165) is 10.0 Å². The average molecular weight is 357 g/mol. The molecule has 0 unspecified atom stereocenters. The zero-order valence-corrected chi connectivity index (χ0v) is 13.1. The highest BCUT2D eigenvalue weighted by atomic mass is 79.9. The molecule has 0 aliphatic carbocycles. The standard InChI is InChI=1S/C13H17BrN4O3/c1-8-4-9(2-3-10(8)14)18-13(21)7-17-12(20)6-16-11(19)5-15/h2-4H,5-7,15H2,1H3,(H,16,19)(H,17,20)(H,18,21). The van der Waals surface area contributed by atoms with Gasteiger partial charge in [0.1, 0.15) is 0 Å². The van der Waals surface area contributed by atoms with E-state index in [0.29, 0.717) is 5.69 Å². The van der Waals surface area contributed by atoms with Gasteiger partial charge in [0.15, 0.2) is 0 Å². The number of halogens is 1. The van der Waals surface area contributed by atoms with Gasteiger partial charge < -0.3 is 21.7 Å². The van der Waals surface area contributed by atoms with E-state index in [9.17, 15) is 14.4 Å². The van der Waals surface area contributed by atoms with Gasteiger partial charge in [-0.05, 0) is 30.7 Å². The average Bonchev–Trinajstić information content (AvgIpc) is 2.46. The molecule has 0 fully saturated rings. The first-order valence-corrected chi connectivity index (χ1v) is 7.01. The van der Waals surface area contributed by atoms with Crippen molar-refractivity contribution in [2.75, 3.05) is 25.0 Å². The van der Waals surface area contributed by atoms with Crippen molar-refractivity contribution in [3.05, 3.63) is 28.2 Å². The summed E-state index contributed by atoms with van der Waals surface area (Å²) >= 11 is 3.37. The number of nitrogens with one attached hydrogen (secondary N) is 3. The van der Waals surface area contributed by atoms with Gasteiger partial charge in [0.25, 0.3) is 0 Å². The molecule has 1 aromatic rings. The fourth-order valence-corrected chi connectivity index (χ4v) is 1.67. The second kappa shape index (κ2) is 8.38. The van der Waals surface area contributed by atoms with E-state index >= 15 is 0 Å². The molecule has 0 saturated heterocycles. The Bertz CT molecular complexity index is 548. The van der Waals surface area contributed by atoms with Crippen LogP contribution in [0.2, 0.25) is 0 Å². The molecule has 0 saturated carbocycles. The van der Waals surface area contributed by atoms with E-state index in [1.807, 2.05) is 19.1 Å². The third-order valence-electron chi connectivity index (χ3n) is 2.52. The number of rotatable bonds is 6. The summed E-state index contributed by atoms with van der Waals surface area (Å²) < 4.78 is 0.949. The Balaban J connectivity index is 2.35. The van der Waals surface area contributed by atoms with Crippen LogP contribution in [-0.2, 0) is 14.4 Å². The quantitative estimate of drug-likeness (QED) is 0.569. The van der Waals surface area contributed by atoms with Gasteiger partial charge in [-0.15, -0.1) is 0 Å². The van der Waals surface area contributed by atoms with E-state index < -0.39 is 11.8 Å². The van der Waals surface area contributed by atoms with Crippen LogP contribution in [0.15, 0.2) is 22.7 Å². The summed E-state index contributed by atoms with van der Waals surface area (Å²) in [6.45, 7) is 1.34. The SMILES string of the molecule is Cc1cc(NC(=O)CNC(=O)CNC(=O)CN)ccc1Br. The number of hydrogen-bond acceptors (Lipinski definition) is 4. The van der Waals surface area contributed by atoms with Gasteiger partial charge >= 0.3 is 0 Å². The van der Waals surface area contributed by atoms with Crippen molar-refractivity contribution in [2.45, 2.75) is 6.92 Å². The third-order valence-corrected chi connectivity index (χ3v) is 3.41. The fraction of sp³-hybridized carbons (Fsp3) is 0.308. The Morgan fingerprint density at radius 3 is 2.33 bits per heavy atom. The molecule has 0 heterocycles. The smallest absolute Gasteiger partial charge is 0.243 e. The minimum atomic E-state index is -0.459. The summed E-state index contributed by atoms with van der Waals surface area (Å²) in [5, 5.41) is 7.36. The highest BCUT2D eigenvalue weighted by Gasteiger charge is 2.07. The first-order chi connectivity index (χ1) is 9.92. The Kier molecular flexibility index (Phi) is 6.83. The van der Waals surface area contributed by atoms with E-state index in [1.165, 1.54) is 0 Å². The predicted molar refractivity (Wildman–Crippen MR) is 82.6 cm³/mol. The van der Waals surface area contributed by atoms with Crippen LogP contribution in [0.1, 0.15) is 5.56 Å². The second-order valence-electron chi connectivity index (χ2n) is 4.27. The molecule has 1 rings (SSSR count). The molecule has 21 heavy (non-hydrogen) atoms. The maximum Gasteiger partial charge on any atom is 0.243 e. The first kappa shape index (κ1) is 17.1. The van der Waals surface area contributed by atoms with Crippen molar-refractivity contribution >= 4 is 39.3 Å². The lowest BCUT2D eigenvalue weighted by Gasteiger charge is -2.08. The van der Waals surface area contributed by atoms with E-state index in [-0.39, 0.29) is 25.5 Å². The summed E-state index contributed by atoms with van der Waals surface area (Å²) in [6.07, 6.45) is 0. The Morgan fingerprint density at radius 1 is 1.10 bits per heavy atom. The molecule has 0 spiro atoms. The number of nitrogens with two attached hydrogens (primary N) is 1. The molecule has 0 aliphatic heterocycles. The van der Waals surface area contributed by atoms with Gasteiger partial charge in [0.05, 0.1) is 19.6 Å². The van der Waals surface area contributed by atoms with Gasteiger partial charge in [-0.1, -0.05) is 15.9 Å². The Morgan fingerprint density at radius 2 is 1.71 bits per heavy atom. The molecule has 0 bridgehead atoms. The normalized spacial score (nSPS) is 9.86. The lowest BCUT2D eigenvalue weighted by Crippen LogP contribution is -2.41. The number of carbonyl (C=O) groups excluding carboxylic acids is 3. The molecule has 8 heteroatoms. The van der Waals surface area contributed by atoms with Gasteiger partial charge in [0, 0.05) is 10.2 Å². The number of carbonyl (C=O) groups is 3. The maximum absolute atomic E-state index is 11.7. The number of benzene rings is 1. The van der Waals surface area contributed by atoms with Crippen LogP contribution in [0.5, 0.6) is 0 Å². The molecule has 0 aliphatic rings. The van der Waals surface area contributed by atoms with Crippen LogP contribution in [0.4, 0.5) is 5.69 Å². The molecule has 0 atom stereocenters. The van der Waals surface area contributed by atoms with Gasteiger partial charge in [0.2, 0.25) is 17.7 Å². The topological polar surface area (TPSA) is 113 Å². The Labute approximate surface area is 130 Å². The zero-order valence-electron chi connectivity index (χ0n) is 11.5. The molecule has 0 aromatic heterocycles. The van der Waals surface area contributed by atoms with Crippen LogP contribution in [0, 0.1) is 6.92 Å². The summed E-state index contributed by atoms with van der Waals surface area (Å²) in [5.41, 5.74) is 6.71. The Hall–Kier alpha value is -1.93. The van der Waals surface area contributed by atoms with Crippen molar-refractivity contribution < 1.29 is 14.4 Å². The highest BCUT2D eigenvalue weighted by molar-refractivity contribution is 9.10. The number of anilines is 1. The van der Waals surface area contributed by atoms with E-state index in [4.69, 9.17) is 5.73 Å². The van der Waals surface area contributed by atoms with Crippen molar-refractivity contribution in [3.63, 3.8) is 0 Å². The molecular formula is C13H17BrN4O3. The largest absolute Gasteiger partial charge is 0.346 e. The molecule has 114 valence electrons. The van der Waals surface area contributed by atoms with Crippen molar-refractivity contribution in [1.29, 1.82) is 0 Å². The zero-order chi connectivity index (χ0) is 15.8. The molecule has 3 amide bonds. The van der Waals surface area contributed by atoms with Gasteiger partial charge in [-0.2, -0.15) is 0 Å². The lowest BCUT2D eigenvalue weighted by atomic mass is 10.2. The van der Waals surface area contributed by atoms with Gasteiger partial charge in [-0.3, -0.25) is 14.4 Å². The number of amides is 3. The maximum atomic E-state index is 11.7. The van der Waals surface area contributed by atoms with Crippen LogP contribution in [-0.4, -0.2) is 37.4 Å². The van der Waals surface area contributed by atoms with Crippen LogP contribution < -0.4 is 21.7 Å². The molecule has 1 aromatic carbocycles. The van der Waals surface area contributed by atoms with Crippen LogP contribution in [0.3, 0.4) is 0 Å². The lowest BCUT2D eigenvalue weighted by molar-refractivity contribution is -0.126. The summed E-state index contributed by atoms with van der Waals surface area (Å²) in [4.78, 5) is 33.9. The van der Waals surface area contributed by atoms with E-state index in [1.54, 1.807) is 6.07 Å². The molecule has 0 radical (unpaired) electrons. The van der Waals surface area contributed by atoms with Gasteiger partial charge in [-0.25, -0.2) is 0 Å². The van der Waals surface area contributed by atoms with Crippen molar-refractivity contribution in [3.8, 4) is 0 Å². The minimum absolute atomic E-state index is 0.174. The minimum Gasteiger partial charge on any atom is -0.346 e. The summed E-state index contributed by atoms with van der Waals surface area (Å²) in [7, 11) is 0. The number of hydrogen-bond donors (Lipinski definition) is 4. The molecule has 5 N–H and O–H groups in total. The summed E-state index contributed by atoms with van der Waals surface area (Å²) in [5.74, 6) is -1.24. The highest BCUT2D eigenvalue weighted by Crippen LogP contribution is 2.19. The van der Waals surface area contributed by atoms with Crippen molar-refractivity contribution in [2.24, 2.45) is 5.73 Å². The predicted octanol–water partition coefficient (Wildman–Crippen LogP) is -0.113.